The second-order valence-electron chi connectivity index (χ2n) is 4.24. The standard InChI is InChI=1S/C10H17BrN2O2/c1-10(2,11)9(15)13-6-4-5-7(13)8(14)12-3/h7H,4-6H2,1-3H3,(H,12,14). The van der Waals surface area contributed by atoms with Crippen LogP contribution in [0.15, 0.2) is 0 Å². The second kappa shape index (κ2) is 4.51. The molecule has 5 heteroatoms. The number of likely N-dealkylation sites (tertiary alicyclic amines) is 1. The minimum Gasteiger partial charge on any atom is -0.357 e. The molecule has 0 aromatic heterocycles. The smallest absolute Gasteiger partial charge is 0.242 e. The van der Waals surface area contributed by atoms with E-state index in [4.69, 9.17) is 0 Å². The van der Waals surface area contributed by atoms with Gasteiger partial charge in [-0.25, -0.2) is 0 Å². The van der Waals surface area contributed by atoms with Crippen LogP contribution in [0.5, 0.6) is 0 Å². The predicted octanol–water partition coefficient (Wildman–Crippen LogP) is 0.897. The number of alkyl halides is 1. The highest BCUT2D eigenvalue weighted by molar-refractivity contribution is 9.10. The molecule has 0 aliphatic carbocycles. The van der Waals surface area contributed by atoms with Gasteiger partial charge in [-0.1, -0.05) is 15.9 Å². The van der Waals surface area contributed by atoms with Crippen LogP contribution < -0.4 is 5.32 Å². The molecule has 1 N–H and O–H groups in total. The van der Waals surface area contributed by atoms with E-state index in [2.05, 4.69) is 21.2 Å². The number of nitrogens with one attached hydrogen (secondary N) is 1. The molecule has 15 heavy (non-hydrogen) atoms. The fraction of sp³-hybridized carbons (Fsp3) is 0.800. The Hall–Kier alpha value is -0.580. The number of amides is 2. The summed E-state index contributed by atoms with van der Waals surface area (Å²) in [5.41, 5.74) is 0. The minimum absolute atomic E-state index is 0.0198. The highest BCUT2D eigenvalue weighted by atomic mass is 79.9. The molecule has 4 nitrogen and oxygen atoms in total. The van der Waals surface area contributed by atoms with Crippen molar-refractivity contribution in [2.45, 2.75) is 37.1 Å². The highest BCUT2D eigenvalue weighted by Gasteiger charge is 2.38. The zero-order valence-corrected chi connectivity index (χ0v) is 10.9. The molecule has 2 amide bonds. The quantitative estimate of drug-likeness (QED) is 0.762. The van der Waals surface area contributed by atoms with Crippen LogP contribution in [0.4, 0.5) is 0 Å². The van der Waals surface area contributed by atoms with Crippen molar-refractivity contribution in [1.29, 1.82) is 0 Å². The second-order valence-corrected chi connectivity index (χ2v) is 6.23. The van der Waals surface area contributed by atoms with E-state index >= 15 is 0 Å². The molecule has 1 saturated heterocycles. The van der Waals surface area contributed by atoms with Gasteiger partial charge in [-0.15, -0.1) is 0 Å². The molecule has 1 atom stereocenters. The first-order chi connectivity index (χ1) is 6.88. The number of hydrogen-bond donors (Lipinski definition) is 1. The maximum atomic E-state index is 12.0. The molecular formula is C10H17BrN2O2. The number of carbonyl (C=O) groups excluding carboxylic acids is 2. The van der Waals surface area contributed by atoms with Gasteiger partial charge in [0.05, 0.1) is 4.32 Å². The predicted molar refractivity (Wildman–Crippen MR) is 61.8 cm³/mol. The maximum Gasteiger partial charge on any atom is 0.242 e. The van der Waals surface area contributed by atoms with Crippen LogP contribution in [0.25, 0.3) is 0 Å². The number of halogens is 1. The summed E-state index contributed by atoms with van der Waals surface area (Å²) >= 11 is 3.33. The average molecular weight is 277 g/mol. The van der Waals surface area contributed by atoms with Crippen molar-refractivity contribution in [3.8, 4) is 0 Å². The molecule has 0 spiro atoms. The van der Waals surface area contributed by atoms with Crippen LogP contribution in [0.2, 0.25) is 0 Å². The lowest BCUT2D eigenvalue weighted by Crippen LogP contribution is -2.49. The van der Waals surface area contributed by atoms with Crippen LogP contribution in [-0.2, 0) is 9.59 Å². The van der Waals surface area contributed by atoms with Gasteiger partial charge in [0, 0.05) is 13.6 Å². The number of hydrogen-bond acceptors (Lipinski definition) is 2. The molecular weight excluding hydrogens is 260 g/mol. The molecule has 1 aliphatic heterocycles. The molecule has 0 bridgehead atoms. The van der Waals surface area contributed by atoms with Gasteiger partial charge < -0.3 is 10.2 Å². The zero-order valence-electron chi connectivity index (χ0n) is 9.34. The van der Waals surface area contributed by atoms with E-state index in [-0.39, 0.29) is 17.9 Å². The Bertz CT molecular complexity index is 273. The largest absolute Gasteiger partial charge is 0.357 e. The van der Waals surface area contributed by atoms with Crippen molar-refractivity contribution in [3.63, 3.8) is 0 Å². The van der Waals surface area contributed by atoms with Gasteiger partial charge in [-0.05, 0) is 26.7 Å². The Morgan fingerprint density at radius 2 is 2.07 bits per heavy atom. The Balaban J connectivity index is 2.77. The lowest BCUT2D eigenvalue weighted by molar-refractivity contribution is -0.139. The van der Waals surface area contributed by atoms with Crippen LogP contribution >= 0.6 is 15.9 Å². The monoisotopic (exact) mass is 276 g/mol. The summed E-state index contributed by atoms with van der Waals surface area (Å²) in [5.74, 6) is -0.0915. The van der Waals surface area contributed by atoms with Crippen LogP contribution in [-0.4, -0.2) is 40.7 Å². The Labute approximate surface area is 98.5 Å². The van der Waals surface area contributed by atoms with Gasteiger partial charge >= 0.3 is 0 Å². The number of carbonyl (C=O) groups is 2. The Kier molecular flexibility index (Phi) is 3.76. The van der Waals surface area contributed by atoms with Crippen LogP contribution in [0.3, 0.4) is 0 Å². The van der Waals surface area contributed by atoms with Gasteiger partial charge in [0.1, 0.15) is 6.04 Å². The van der Waals surface area contributed by atoms with Gasteiger partial charge in [0.15, 0.2) is 0 Å². The van der Waals surface area contributed by atoms with Crippen LogP contribution in [0.1, 0.15) is 26.7 Å². The van der Waals surface area contributed by atoms with Gasteiger partial charge in [-0.2, -0.15) is 0 Å². The molecule has 1 unspecified atom stereocenters. The van der Waals surface area contributed by atoms with Gasteiger partial charge in [-0.3, -0.25) is 9.59 Å². The fourth-order valence-corrected chi connectivity index (χ4v) is 2.02. The average Bonchev–Trinajstić information content (AvgIpc) is 2.62. The van der Waals surface area contributed by atoms with E-state index in [1.807, 2.05) is 0 Å². The van der Waals surface area contributed by atoms with E-state index in [0.717, 1.165) is 12.8 Å². The summed E-state index contributed by atoms with van der Waals surface area (Å²) < 4.78 is -0.594. The molecule has 1 aliphatic rings. The zero-order chi connectivity index (χ0) is 11.6. The van der Waals surface area contributed by atoms with E-state index < -0.39 is 4.32 Å². The lowest BCUT2D eigenvalue weighted by Gasteiger charge is -2.28. The summed E-state index contributed by atoms with van der Waals surface area (Å²) in [6.07, 6.45) is 1.65. The first-order valence-corrected chi connectivity index (χ1v) is 5.89. The summed E-state index contributed by atoms with van der Waals surface area (Å²) in [4.78, 5) is 25.2. The normalized spacial score (nSPS) is 21.6. The first-order valence-electron chi connectivity index (χ1n) is 5.09. The van der Waals surface area contributed by atoms with Crippen molar-refractivity contribution >= 4 is 27.7 Å². The number of rotatable bonds is 2. The third-order valence-corrected chi connectivity index (χ3v) is 2.91. The summed E-state index contributed by atoms with van der Waals surface area (Å²) in [7, 11) is 1.60. The van der Waals surface area contributed by atoms with Crippen molar-refractivity contribution in [3.05, 3.63) is 0 Å². The molecule has 86 valence electrons. The highest BCUT2D eigenvalue weighted by Crippen LogP contribution is 2.25. The van der Waals surface area contributed by atoms with E-state index in [9.17, 15) is 9.59 Å². The number of nitrogens with zero attached hydrogens (tertiary/aromatic N) is 1. The van der Waals surface area contributed by atoms with Crippen molar-refractivity contribution in [1.82, 2.24) is 10.2 Å². The Morgan fingerprint density at radius 1 is 1.47 bits per heavy atom. The summed E-state index contributed by atoms with van der Waals surface area (Å²) in [6.45, 7) is 4.27. The minimum atomic E-state index is -0.594. The molecule has 0 saturated carbocycles. The molecule has 1 heterocycles. The third kappa shape index (κ3) is 2.71. The van der Waals surface area contributed by atoms with E-state index in [1.165, 1.54) is 0 Å². The topological polar surface area (TPSA) is 49.4 Å². The van der Waals surface area contributed by atoms with Gasteiger partial charge in [0.2, 0.25) is 11.8 Å². The third-order valence-electron chi connectivity index (χ3n) is 2.57. The first kappa shape index (κ1) is 12.5. The van der Waals surface area contributed by atoms with E-state index in [1.54, 1.807) is 25.8 Å². The summed E-state index contributed by atoms with van der Waals surface area (Å²) in [5, 5.41) is 2.60. The fourth-order valence-electron chi connectivity index (χ4n) is 1.79. The summed E-state index contributed by atoms with van der Waals surface area (Å²) in [6, 6.07) is -0.292. The van der Waals surface area contributed by atoms with Crippen molar-refractivity contribution in [2.24, 2.45) is 0 Å². The number of likely N-dealkylation sites (N-methyl/N-ethyl adjacent to an activating group) is 1. The Morgan fingerprint density at radius 3 is 2.53 bits per heavy atom. The van der Waals surface area contributed by atoms with Crippen LogP contribution in [0, 0.1) is 0 Å². The molecule has 0 aromatic carbocycles. The lowest BCUT2D eigenvalue weighted by atomic mass is 10.1. The van der Waals surface area contributed by atoms with Crippen molar-refractivity contribution < 1.29 is 9.59 Å². The SMILES string of the molecule is CNC(=O)C1CCCN1C(=O)C(C)(C)Br. The van der Waals surface area contributed by atoms with Gasteiger partial charge in [0.25, 0.3) is 0 Å². The maximum absolute atomic E-state index is 12.0. The molecule has 1 fully saturated rings. The van der Waals surface area contributed by atoms with Crippen molar-refractivity contribution in [2.75, 3.05) is 13.6 Å². The van der Waals surface area contributed by atoms with E-state index in [0.29, 0.717) is 6.54 Å². The molecule has 0 radical (unpaired) electrons. The molecule has 0 aromatic rings. The molecule has 1 rings (SSSR count).